The Morgan fingerprint density at radius 3 is 2.81 bits per heavy atom. The Morgan fingerprint density at radius 2 is 2.10 bits per heavy atom. The molecular weight excluding hydrogens is 422 g/mol. The molecule has 0 aromatic carbocycles. The van der Waals surface area contributed by atoms with Crippen molar-refractivity contribution in [1.29, 1.82) is 0 Å². The highest BCUT2D eigenvalue weighted by atomic mass is 35.5. The first kappa shape index (κ1) is 21.0. The monoisotopic (exact) mass is 451 g/mol. The zero-order chi connectivity index (χ0) is 21.6. The van der Waals surface area contributed by atoms with Crippen LogP contribution in [0, 0.1) is 5.41 Å². The molecule has 4 aliphatic rings. The second-order valence-electron chi connectivity index (χ2n) is 9.59. The molecule has 2 saturated carbocycles. The van der Waals surface area contributed by atoms with Gasteiger partial charge < -0.3 is 25.4 Å². The standard InChI is InChI=1S/C21H30ClN5O4/c22-18-16(11-24-27(19(18)28)17-3-1-2-6-30-17)26-5-4-15(12-26)31-20(29)25-14-9-21(10-14)7-13(23)8-21/h11,13-15,17H,1-10,12,23H2,(H,25,29). The number of carbonyl (C=O) groups excluding carboxylic acids is 1. The highest BCUT2D eigenvalue weighted by Crippen LogP contribution is 2.55. The molecule has 4 fully saturated rings. The highest BCUT2D eigenvalue weighted by Gasteiger charge is 2.52. The first-order chi connectivity index (χ1) is 14.9. The lowest BCUT2D eigenvalue weighted by Gasteiger charge is -2.56. The van der Waals surface area contributed by atoms with Gasteiger partial charge in [-0.15, -0.1) is 0 Å². The molecule has 0 radical (unpaired) electrons. The predicted molar refractivity (Wildman–Crippen MR) is 115 cm³/mol. The van der Waals surface area contributed by atoms with Gasteiger partial charge in [-0.3, -0.25) is 4.79 Å². The van der Waals surface area contributed by atoms with Crippen LogP contribution in [-0.4, -0.2) is 53.8 Å². The maximum Gasteiger partial charge on any atom is 0.407 e. The first-order valence-electron chi connectivity index (χ1n) is 11.3. The SMILES string of the molecule is NC1CC2(C1)CC(NC(=O)OC1CCN(c3cnn(C4CCCCO4)c(=O)c3Cl)C1)C2. The van der Waals surface area contributed by atoms with E-state index in [1.807, 2.05) is 4.90 Å². The van der Waals surface area contributed by atoms with Crippen LogP contribution in [0.1, 0.15) is 57.6 Å². The van der Waals surface area contributed by atoms with E-state index in [2.05, 4.69) is 10.4 Å². The van der Waals surface area contributed by atoms with Gasteiger partial charge >= 0.3 is 6.09 Å². The summed E-state index contributed by atoms with van der Waals surface area (Å²) in [6.45, 7) is 1.76. The zero-order valence-corrected chi connectivity index (χ0v) is 18.4. The number of nitrogens with zero attached hydrogens (tertiary/aromatic N) is 3. The van der Waals surface area contributed by atoms with E-state index in [0.717, 1.165) is 44.9 Å². The van der Waals surface area contributed by atoms with Gasteiger partial charge in [-0.1, -0.05) is 11.6 Å². The lowest BCUT2D eigenvalue weighted by Crippen LogP contribution is -2.59. The summed E-state index contributed by atoms with van der Waals surface area (Å²) in [5.41, 5.74) is 6.49. The van der Waals surface area contributed by atoms with Crippen LogP contribution in [0.2, 0.25) is 5.02 Å². The highest BCUT2D eigenvalue weighted by molar-refractivity contribution is 6.33. The molecule has 1 amide bonds. The van der Waals surface area contributed by atoms with Gasteiger partial charge in [0.25, 0.3) is 5.56 Å². The van der Waals surface area contributed by atoms with E-state index < -0.39 is 0 Å². The number of anilines is 1. The van der Waals surface area contributed by atoms with Crippen LogP contribution < -0.4 is 21.5 Å². The number of alkyl carbamates (subject to hydrolysis) is 1. The molecule has 2 aliphatic heterocycles. The lowest BCUT2D eigenvalue weighted by atomic mass is 9.52. The summed E-state index contributed by atoms with van der Waals surface area (Å²) in [6.07, 6.45) is 8.20. The topological polar surface area (TPSA) is 112 Å². The molecule has 3 heterocycles. The lowest BCUT2D eigenvalue weighted by molar-refractivity contribution is -0.0424. The van der Waals surface area contributed by atoms with E-state index in [9.17, 15) is 9.59 Å². The van der Waals surface area contributed by atoms with E-state index in [1.165, 1.54) is 4.68 Å². The van der Waals surface area contributed by atoms with Crippen LogP contribution >= 0.6 is 11.6 Å². The molecule has 2 aliphatic carbocycles. The van der Waals surface area contributed by atoms with Gasteiger partial charge in [-0.05, 0) is 50.4 Å². The summed E-state index contributed by atoms with van der Waals surface area (Å²) in [6, 6.07) is 0.515. The summed E-state index contributed by atoms with van der Waals surface area (Å²) in [4.78, 5) is 27.0. The molecular formula is C21H30ClN5O4. The average molecular weight is 452 g/mol. The number of hydrogen-bond donors (Lipinski definition) is 2. The Hall–Kier alpha value is -1.84. The van der Waals surface area contributed by atoms with Crippen LogP contribution in [0.25, 0.3) is 0 Å². The van der Waals surface area contributed by atoms with Gasteiger partial charge in [0.05, 0.1) is 18.4 Å². The summed E-state index contributed by atoms with van der Waals surface area (Å²) in [5.74, 6) is 0. The van der Waals surface area contributed by atoms with E-state index in [-0.39, 0.29) is 35.0 Å². The number of nitrogens with two attached hydrogens (primary N) is 1. The van der Waals surface area contributed by atoms with Crippen molar-refractivity contribution in [3.05, 3.63) is 21.6 Å². The number of carbonyl (C=O) groups is 1. The molecule has 2 unspecified atom stereocenters. The number of halogens is 1. The number of amides is 1. The fraction of sp³-hybridized carbons (Fsp3) is 0.762. The molecule has 5 rings (SSSR count). The normalized spacial score (nSPS) is 34.8. The Balaban J connectivity index is 1.14. The maximum atomic E-state index is 12.7. The van der Waals surface area contributed by atoms with Crippen molar-refractivity contribution in [3.8, 4) is 0 Å². The fourth-order valence-corrected chi connectivity index (χ4v) is 5.90. The Labute approximate surface area is 186 Å². The Kier molecular flexibility index (Phi) is 5.60. The zero-order valence-electron chi connectivity index (χ0n) is 17.6. The van der Waals surface area contributed by atoms with E-state index in [4.69, 9.17) is 26.8 Å². The summed E-state index contributed by atoms with van der Waals surface area (Å²) in [7, 11) is 0. The molecule has 1 aromatic heterocycles. The van der Waals surface area contributed by atoms with E-state index in [1.54, 1.807) is 6.20 Å². The molecule has 1 aromatic rings. The largest absolute Gasteiger partial charge is 0.444 e. The summed E-state index contributed by atoms with van der Waals surface area (Å²) in [5, 5.41) is 7.41. The van der Waals surface area contributed by atoms with Crippen molar-refractivity contribution < 1.29 is 14.3 Å². The van der Waals surface area contributed by atoms with E-state index in [0.29, 0.717) is 43.3 Å². The van der Waals surface area contributed by atoms with Gasteiger partial charge in [0.2, 0.25) is 0 Å². The summed E-state index contributed by atoms with van der Waals surface area (Å²) >= 11 is 6.40. The van der Waals surface area contributed by atoms with Gasteiger partial charge in [0.15, 0.2) is 6.23 Å². The fourth-order valence-electron chi connectivity index (χ4n) is 5.65. The minimum atomic E-state index is -0.371. The van der Waals surface area contributed by atoms with Gasteiger partial charge in [0, 0.05) is 31.7 Å². The number of aromatic nitrogens is 2. The first-order valence-corrected chi connectivity index (χ1v) is 11.7. The molecule has 1 spiro atoms. The van der Waals surface area contributed by atoms with Crippen molar-refractivity contribution in [2.45, 2.75) is 75.8 Å². The van der Waals surface area contributed by atoms with Crippen LogP contribution in [0.3, 0.4) is 0 Å². The molecule has 9 nitrogen and oxygen atoms in total. The number of ether oxygens (including phenoxy) is 2. The second kappa shape index (κ2) is 8.26. The minimum absolute atomic E-state index is 0.132. The van der Waals surface area contributed by atoms with Crippen molar-refractivity contribution in [1.82, 2.24) is 15.1 Å². The molecule has 2 saturated heterocycles. The third-order valence-electron chi connectivity index (χ3n) is 7.18. The summed E-state index contributed by atoms with van der Waals surface area (Å²) < 4.78 is 12.6. The van der Waals surface area contributed by atoms with E-state index >= 15 is 0 Å². The number of nitrogens with one attached hydrogen (secondary N) is 1. The van der Waals surface area contributed by atoms with Crippen LogP contribution in [0.15, 0.2) is 11.0 Å². The third-order valence-corrected chi connectivity index (χ3v) is 7.54. The smallest absolute Gasteiger partial charge is 0.407 e. The number of hydrogen-bond acceptors (Lipinski definition) is 7. The van der Waals surface area contributed by atoms with Gasteiger partial charge in [-0.2, -0.15) is 9.78 Å². The molecule has 2 atom stereocenters. The van der Waals surface area contributed by atoms with Crippen molar-refractivity contribution in [2.24, 2.45) is 11.1 Å². The van der Waals surface area contributed by atoms with Crippen molar-refractivity contribution >= 4 is 23.4 Å². The average Bonchev–Trinajstić information content (AvgIpc) is 3.16. The third kappa shape index (κ3) is 4.15. The number of rotatable bonds is 4. The minimum Gasteiger partial charge on any atom is -0.444 e. The molecule has 10 heteroatoms. The van der Waals surface area contributed by atoms with Crippen LogP contribution in [-0.2, 0) is 9.47 Å². The second-order valence-corrected chi connectivity index (χ2v) is 9.97. The van der Waals surface area contributed by atoms with Gasteiger partial charge in [0.1, 0.15) is 11.1 Å². The molecule has 0 bridgehead atoms. The Morgan fingerprint density at radius 1 is 1.29 bits per heavy atom. The molecule has 170 valence electrons. The van der Waals surface area contributed by atoms with Crippen molar-refractivity contribution in [2.75, 3.05) is 24.6 Å². The van der Waals surface area contributed by atoms with Crippen LogP contribution in [0.4, 0.5) is 10.5 Å². The predicted octanol–water partition coefficient (Wildman–Crippen LogP) is 2.17. The molecule has 3 N–H and O–H groups in total. The Bertz CT molecular complexity index is 888. The maximum absolute atomic E-state index is 12.7. The van der Waals surface area contributed by atoms with Crippen molar-refractivity contribution in [3.63, 3.8) is 0 Å². The quantitative estimate of drug-likeness (QED) is 0.721. The van der Waals surface area contributed by atoms with Crippen LogP contribution in [0.5, 0.6) is 0 Å². The molecule has 31 heavy (non-hydrogen) atoms. The van der Waals surface area contributed by atoms with Gasteiger partial charge in [-0.25, -0.2) is 4.79 Å².